The van der Waals surface area contributed by atoms with Gasteiger partial charge in [0.25, 0.3) is 0 Å². The summed E-state index contributed by atoms with van der Waals surface area (Å²) in [5, 5.41) is 3.75. The predicted octanol–water partition coefficient (Wildman–Crippen LogP) is 3.83. The molecular formula is C19H25Cl2N3O2. The minimum atomic E-state index is -0.457. The first kappa shape index (κ1) is 19.5. The lowest BCUT2D eigenvalue weighted by Gasteiger charge is -2.38. The Kier molecular flexibility index (Phi) is 6.43. The molecule has 3 atom stereocenters. The number of halogens is 2. The number of carbonyl (C=O) groups excluding carboxylic acids is 2. The van der Waals surface area contributed by atoms with Crippen molar-refractivity contribution in [3.63, 3.8) is 0 Å². The van der Waals surface area contributed by atoms with E-state index in [1.165, 1.54) is 0 Å². The minimum absolute atomic E-state index is 0.0636. The maximum Gasteiger partial charge on any atom is 0.247 e. The SMILES string of the molecule is NC1CCCC(C(=O)N2CCCCC2C(=O)Nc2ccc(Cl)cc2Cl)C1. The Morgan fingerprint density at radius 3 is 2.65 bits per heavy atom. The summed E-state index contributed by atoms with van der Waals surface area (Å²) in [6.07, 6.45) is 6.05. The van der Waals surface area contributed by atoms with Crippen LogP contribution in [0, 0.1) is 5.92 Å². The molecule has 26 heavy (non-hydrogen) atoms. The predicted molar refractivity (Wildman–Crippen MR) is 104 cm³/mol. The second kappa shape index (κ2) is 8.59. The number of piperidine rings is 1. The van der Waals surface area contributed by atoms with E-state index in [2.05, 4.69) is 5.32 Å². The standard InChI is InChI=1S/C19H25Cl2N3O2/c20-13-7-8-16(15(21)11-13)23-18(25)17-6-1-2-9-24(17)19(26)12-4-3-5-14(22)10-12/h7-8,11-12,14,17H,1-6,9-10,22H2,(H,23,25). The zero-order valence-electron chi connectivity index (χ0n) is 14.7. The molecule has 1 aromatic carbocycles. The Morgan fingerprint density at radius 1 is 1.12 bits per heavy atom. The molecule has 0 aromatic heterocycles. The fraction of sp³-hybridized carbons (Fsp3) is 0.579. The van der Waals surface area contributed by atoms with Gasteiger partial charge >= 0.3 is 0 Å². The fourth-order valence-corrected chi connectivity index (χ4v) is 4.42. The van der Waals surface area contributed by atoms with Crippen LogP contribution in [0.5, 0.6) is 0 Å². The molecule has 1 aliphatic heterocycles. The van der Waals surface area contributed by atoms with Crippen molar-refractivity contribution in [3.05, 3.63) is 28.2 Å². The Labute approximate surface area is 164 Å². The highest BCUT2D eigenvalue weighted by Crippen LogP contribution is 2.30. The number of benzene rings is 1. The topological polar surface area (TPSA) is 75.4 Å². The van der Waals surface area contributed by atoms with Crippen molar-refractivity contribution in [2.24, 2.45) is 11.7 Å². The first-order valence-corrected chi connectivity index (χ1v) is 10.0. The molecule has 1 saturated heterocycles. The molecule has 2 aliphatic rings. The van der Waals surface area contributed by atoms with Gasteiger partial charge in [-0.2, -0.15) is 0 Å². The van der Waals surface area contributed by atoms with Crippen molar-refractivity contribution in [1.82, 2.24) is 4.90 Å². The minimum Gasteiger partial charge on any atom is -0.330 e. The summed E-state index contributed by atoms with van der Waals surface area (Å²) in [5.74, 6) is -0.184. The van der Waals surface area contributed by atoms with Gasteiger partial charge in [0.1, 0.15) is 6.04 Å². The van der Waals surface area contributed by atoms with E-state index in [1.54, 1.807) is 23.1 Å². The summed E-state index contributed by atoms with van der Waals surface area (Å²) in [6, 6.07) is 4.57. The number of rotatable bonds is 3. The van der Waals surface area contributed by atoms with Gasteiger partial charge in [-0.05, 0) is 56.7 Å². The van der Waals surface area contributed by atoms with E-state index >= 15 is 0 Å². The van der Waals surface area contributed by atoms with E-state index in [0.29, 0.717) is 35.1 Å². The number of nitrogens with zero attached hydrogens (tertiary/aromatic N) is 1. The van der Waals surface area contributed by atoms with Crippen LogP contribution in [-0.4, -0.2) is 35.3 Å². The van der Waals surface area contributed by atoms with Gasteiger partial charge in [0, 0.05) is 23.5 Å². The lowest BCUT2D eigenvalue weighted by Crippen LogP contribution is -2.52. The lowest BCUT2D eigenvalue weighted by molar-refractivity contribution is -0.144. The van der Waals surface area contributed by atoms with Gasteiger partial charge in [-0.15, -0.1) is 0 Å². The van der Waals surface area contributed by atoms with E-state index < -0.39 is 6.04 Å². The highest BCUT2D eigenvalue weighted by molar-refractivity contribution is 6.36. The first-order valence-electron chi connectivity index (χ1n) is 9.27. The molecule has 3 N–H and O–H groups in total. The van der Waals surface area contributed by atoms with Gasteiger partial charge in [-0.25, -0.2) is 0 Å². The van der Waals surface area contributed by atoms with E-state index in [4.69, 9.17) is 28.9 Å². The van der Waals surface area contributed by atoms with Crippen molar-refractivity contribution < 1.29 is 9.59 Å². The first-order chi connectivity index (χ1) is 12.5. The van der Waals surface area contributed by atoms with Crippen LogP contribution in [0.25, 0.3) is 0 Å². The number of nitrogens with one attached hydrogen (secondary N) is 1. The largest absolute Gasteiger partial charge is 0.330 e. The second-order valence-electron chi connectivity index (χ2n) is 7.28. The number of likely N-dealkylation sites (tertiary alicyclic amines) is 1. The van der Waals surface area contributed by atoms with Crippen LogP contribution in [0.15, 0.2) is 18.2 Å². The van der Waals surface area contributed by atoms with Crippen LogP contribution < -0.4 is 11.1 Å². The third-order valence-electron chi connectivity index (χ3n) is 5.34. The third kappa shape index (κ3) is 4.51. The molecule has 1 saturated carbocycles. The van der Waals surface area contributed by atoms with Crippen molar-refractivity contribution in [2.45, 2.75) is 57.0 Å². The zero-order valence-corrected chi connectivity index (χ0v) is 16.2. The van der Waals surface area contributed by atoms with Crippen LogP contribution >= 0.6 is 23.2 Å². The van der Waals surface area contributed by atoms with Crippen molar-refractivity contribution in [1.29, 1.82) is 0 Å². The highest BCUT2D eigenvalue weighted by Gasteiger charge is 2.36. The van der Waals surface area contributed by atoms with Crippen LogP contribution in [0.3, 0.4) is 0 Å². The van der Waals surface area contributed by atoms with Gasteiger partial charge in [0.15, 0.2) is 0 Å². The molecule has 2 amide bonds. The van der Waals surface area contributed by atoms with E-state index in [0.717, 1.165) is 32.1 Å². The number of hydrogen-bond acceptors (Lipinski definition) is 3. The average Bonchev–Trinajstić information content (AvgIpc) is 2.63. The summed E-state index contributed by atoms with van der Waals surface area (Å²) in [6.45, 7) is 0.622. The van der Waals surface area contributed by atoms with E-state index in [-0.39, 0.29) is 23.8 Å². The Bertz CT molecular complexity index is 683. The van der Waals surface area contributed by atoms with Gasteiger partial charge in [0.2, 0.25) is 11.8 Å². The van der Waals surface area contributed by atoms with Crippen molar-refractivity contribution in [3.8, 4) is 0 Å². The molecule has 0 radical (unpaired) electrons. The fourth-order valence-electron chi connectivity index (χ4n) is 3.96. The van der Waals surface area contributed by atoms with Crippen LogP contribution in [0.1, 0.15) is 44.9 Å². The Morgan fingerprint density at radius 2 is 1.92 bits per heavy atom. The molecule has 5 nitrogen and oxygen atoms in total. The van der Waals surface area contributed by atoms with Crippen LogP contribution in [-0.2, 0) is 9.59 Å². The summed E-state index contributed by atoms with van der Waals surface area (Å²) >= 11 is 12.1. The molecule has 3 unspecified atom stereocenters. The molecule has 0 bridgehead atoms. The van der Waals surface area contributed by atoms with Crippen molar-refractivity contribution >= 4 is 40.7 Å². The number of amides is 2. The number of anilines is 1. The molecule has 1 heterocycles. The Hall–Kier alpha value is -1.30. The maximum absolute atomic E-state index is 13.0. The second-order valence-corrected chi connectivity index (χ2v) is 8.12. The quantitative estimate of drug-likeness (QED) is 0.813. The number of hydrogen-bond donors (Lipinski definition) is 2. The van der Waals surface area contributed by atoms with Gasteiger partial charge < -0.3 is 16.0 Å². The lowest BCUT2D eigenvalue weighted by atomic mass is 9.84. The number of carbonyl (C=O) groups is 2. The number of nitrogens with two attached hydrogens (primary N) is 1. The van der Waals surface area contributed by atoms with Crippen LogP contribution in [0.2, 0.25) is 10.0 Å². The van der Waals surface area contributed by atoms with Crippen LogP contribution in [0.4, 0.5) is 5.69 Å². The third-order valence-corrected chi connectivity index (χ3v) is 5.89. The van der Waals surface area contributed by atoms with E-state index in [9.17, 15) is 9.59 Å². The maximum atomic E-state index is 13.0. The van der Waals surface area contributed by atoms with Gasteiger partial charge in [0.05, 0.1) is 10.7 Å². The smallest absolute Gasteiger partial charge is 0.247 e. The summed E-state index contributed by atoms with van der Waals surface area (Å²) in [5.41, 5.74) is 6.56. The normalized spacial score (nSPS) is 26.4. The average molecular weight is 398 g/mol. The summed E-state index contributed by atoms with van der Waals surface area (Å²) < 4.78 is 0. The Balaban J connectivity index is 1.71. The monoisotopic (exact) mass is 397 g/mol. The molecule has 1 aliphatic carbocycles. The summed E-state index contributed by atoms with van der Waals surface area (Å²) in [4.78, 5) is 27.6. The molecule has 2 fully saturated rings. The summed E-state index contributed by atoms with van der Waals surface area (Å²) in [7, 11) is 0. The highest BCUT2D eigenvalue weighted by atomic mass is 35.5. The van der Waals surface area contributed by atoms with Gasteiger partial charge in [-0.1, -0.05) is 29.6 Å². The molecule has 3 rings (SSSR count). The zero-order chi connectivity index (χ0) is 18.7. The van der Waals surface area contributed by atoms with Crippen molar-refractivity contribution in [2.75, 3.05) is 11.9 Å². The van der Waals surface area contributed by atoms with Gasteiger partial charge in [-0.3, -0.25) is 9.59 Å². The van der Waals surface area contributed by atoms with E-state index in [1.807, 2.05) is 0 Å². The molecule has 1 aromatic rings. The molecule has 0 spiro atoms. The molecule has 142 valence electrons. The molecular weight excluding hydrogens is 373 g/mol. The molecule has 7 heteroatoms.